The van der Waals surface area contributed by atoms with Crippen LogP contribution in [0.25, 0.3) is 0 Å². The Bertz CT molecular complexity index is 382. The highest BCUT2D eigenvalue weighted by molar-refractivity contribution is 7.99. The number of nitrogens with two attached hydrogens (primary N) is 1. The summed E-state index contributed by atoms with van der Waals surface area (Å²) >= 11 is 1.83. The maximum atomic E-state index is 5.80. The summed E-state index contributed by atoms with van der Waals surface area (Å²) in [6.07, 6.45) is 1.97. The number of nitrogens with zero attached hydrogens (tertiary/aromatic N) is 1. The summed E-state index contributed by atoms with van der Waals surface area (Å²) in [4.78, 5) is 4.34. The van der Waals surface area contributed by atoms with Gasteiger partial charge in [0, 0.05) is 18.1 Å². The van der Waals surface area contributed by atoms with Crippen molar-refractivity contribution in [3.63, 3.8) is 0 Å². The van der Waals surface area contributed by atoms with E-state index in [1.165, 1.54) is 0 Å². The van der Waals surface area contributed by atoms with E-state index in [0.717, 1.165) is 23.9 Å². The van der Waals surface area contributed by atoms with Gasteiger partial charge in [-0.1, -0.05) is 6.08 Å². The molecule has 0 spiro atoms. The minimum Gasteiger partial charge on any atom is -0.473 e. The zero-order valence-corrected chi connectivity index (χ0v) is 11.8. The van der Waals surface area contributed by atoms with Crippen LogP contribution in [0, 0.1) is 0 Å². The van der Waals surface area contributed by atoms with E-state index in [1.807, 2.05) is 43.8 Å². The Labute approximate surface area is 113 Å². The number of nitrogen functional groups attached to an aromatic ring is 1. The topological polar surface area (TPSA) is 60.2 Å². The lowest BCUT2D eigenvalue weighted by molar-refractivity contribution is 0.234. The first kappa shape index (κ1) is 14.7. The normalized spacial score (nSPS) is 10.4. The molecular weight excluding hydrogens is 246 g/mol. The van der Waals surface area contributed by atoms with Crippen molar-refractivity contribution in [2.75, 3.05) is 29.1 Å². The van der Waals surface area contributed by atoms with Gasteiger partial charge in [0.1, 0.15) is 5.82 Å². The fourth-order valence-electron chi connectivity index (χ4n) is 1.29. The van der Waals surface area contributed by atoms with Crippen molar-refractivity contribution in [1.29, 1.82) is 0 Å². The highest BCUT2D eigenvalue weighted by Gasteiger charge is 2.05. The molecule has 0 aliphatic rings. The summed E-state index contributed by atoms with van der Waals surface area (Å²) in [7, 11) is 0. The maximum Gasteiger partial charge on any atom is 0.239 e. The van der Waals surface area contributed by atoms with Crippen molar-refractivity contribution < 1.29 is 4.74 Å². The van der Waals surface area contributed by atoms with Gasteiger partial charge in [-0.25, -0.2) is 0 Å². The predicted molar refractivity (Wildman–Crippen MR) is 80.4 cm³/mol. The maximum absolute atomic E-state index is 5.80. The average Bonchev–Trinajstić information content (AvgIpc) is 2.32. The molecule has 3 N–H and O–H groups in total. The van der Waals surface area contributed by atoms with E-state index in [9.17, 15) is 0 Å². The van der Waals surface area contributed by atoms with Crippen LogP contribution < -0.4 is 15.8 Å². The number of pyridine rings is 1. The summed E-state index contributed by atoms with van der Waals surface area (Å²) in [5.74, 6) is 3.27. The third kappa shape index (κ3) is 5.31. The summed E-state index contributed by atoms with van der Waals surface area (Å²) in [5.41, 5.74) is 6.37. The van der Waals surface area contributed by atoms with Crippen molar-refractivity contribution in [3.05, 3.63) is 24.8 Å². The van der Waals surface area contributed by atoms with Gasteiger partial charge in [-0.15, -0.1) is 6.58 Å². The van der Waals surface area contributed by atoms with Crippen LogP contribution >= 0.6 is 11.8 Å². The van der Waals surface area contributed by atoms with Crippen LogP contribution in [0.5, 0.6) is 5.88 Å². The van der Waals surface area contributed by atoms with Gasteiger partial charge in [-0.3, -0.25) is 0 Å². The summed E-state index contributed by atoms with van der Waals surface area (Å²) < 4.78 is 5.54. The number of anilines is 2. The number of ether oxygens (including phenoxy) is 1. The van der Waals surface area contributed by atoms with Gasteiger partial charge in [0.05, 0.1) is 11.8 Å². The number of aromatic nitrogens is 1. The van der Waals surface area contributed by atoms with Crippen LogP contribution in [0.4, 0.5) is 11.5 Å². The standard InChI is InChI=1S/C13H21N3OS/c1-4-8-18-9-7-15-12-6-5-11(14)13(16-12)17-10(2)3/h4-6,10H,1,7-9,14H2,2-3H3,(H,15,16). The molecule has 0 saturated heterocycles. The molecule has 0 radical (unpaired) electrons. The van der Waals surface area contributed by atoms with E-state index in [0.29, 0.717) is 11.6 Å². The van der Waals surface area contributed by atoms with E-state index in [4.69, 9.17) is 10.5 Å². The lowest BCUT2D eigenvalue weighted by Crippen LogP contribution is -2.11. The SMILES string of the molecule is C=CCSCCNc1ccc(N)c(OC(C)C)n1. The van der Waals surface area contributed by atoms with Crippen molar-refractivity contribution in [2.45, 2.75) is 20.0 Å². The first-order valence-electron chi connectivity index (χ1n) is 5.99. The lowest BCUT2D eigenvalue weighted by atomic mass is 10.4. The molecule has 0 aliphatic heterocycles. The van der Waals surface area contributed by atoms with Crippen molar-refractivity contribution >= 4 is 23.3 Å². The molecule has 0 fully saturated rings. The van der Waals surface area contributed by atoms with Crippen LogP contribution in [-0.2, 0) is 0 Å². The molecule has 1 rings (SSSR count). The molecule has 0 amide bonds. The molecule has 0 unspecified atom stereocenters. The zero-order chi connectivity index (χ0) is 13.4. The third-order valence-corrected chi connectivity index (χ3v) is 2.99. The average molecular weight is 267 g/mol. The van der Waals surface area contributed by atoms with Crippen LogP contribution in [0.3, 0.4) is 0 Å². The van der Waals surface area contributed by atoms with Gasteiger partial charge in [-0.2, -0.15) is 16.7 Å². The Hall–Kier alpha value is -1.36. The van der Waals surface area contributed by atoms with E-state index in [2.05, 4.69) is 16.9 Å². The van der Waals surface area contributed by atoms with Crippen LogP contribution in [0.2, 0.25) is 0 Å². The second-order valence-corrected chi connectivity index (χ2v) is 5.20. The van der Waals surface area contributed by atoms with E-state index in [1.54, 1.807) is 0 Å². The van der Waals surface area contributed by atoms with Crippen molar-refractivity contribution in [2.24, 2.45) is 0 Å². The van der Waals surface area contributed by atoms with Gasteiger partial charge in [-0.05, 0) is 26.0 Å². The molecule has 0 bridgehead atoms. The number of hydrogen-bond acceptors (Lipinski definition) is 5. The van der Waals surface area contributed by atoms with E-state index >= 15 is 0 Å². The summed E-state index contributed by atoms with van der Waals surface area (Å²) in [6, 6.07) is 3.67. The van der Waals surface area contributed by atoms with Crippen LogP contribution in [0.1, 0.15) is 13.8 Å². The number of thioether (sulfide) groups is 1. The number of rotatable bonds is 8. The molecule has 1 heterocycles. The second kappa shape index (κ2) is 7.87. The fraction of sp³-hybridized carbons (Fsp3) is 0.462. The van der Waals surface area contributed by atoms with E-state index < -0.39 is 0 Å². The van der Waals surface area contributed by atoms with Gasteiger partial charge < -0.3 is 15.8 Å². The Balaban J connectivity index is 2.48. The monoisotopic (exact) mass is 267 g/mol. The molecule has 1 aromatic rings. The quantitative estimate of drug-likeness (QED) is 0.560. The second-order valence-electron chi connectivity index (χ2n) is 4.05. The Morgan fingerprint density at radius 2 is 2.33 bits per heavy atom. The Morgan fingerprint density at radius 3 is 3.00 bits per heavy atom. The molecule has 4 nitrogen and oxygen atoms in total. The van der Waals surface area contributed by atoms with Gasteiger partial charge in [0.2, 0.25) is 5.88 Å². The first-order chi connectivity index (χ1) is 8.63. The van der Waals surface area contributed by atoms with Gasteiger partial charge in [0.15, 0.2) is 0 Å². The Kier molecular flexibility index (Phi) is 6.43. The predicted octanol–water partition coefficient (Wildman–Crippen LogP) is 2.78. The van der Waals surface area contributed by atoms with Crippen LogP contribution in [-0.4, -0.2) is 29.1 Å². The molecule has 0 saturated carbocycles. The largest absolute Gasteiger partial charge is 0.473 e. The minimum absolute atomic E-state index is 0.0678. The molecular formula is C13H21N3OS. The highest BCUT2D eigenvalue weighted by atomic mass is 32.2. The minimum atomic E-state index is 0.0678. The molecule has 0 aliphatic carbocycles. The summed E-state index contributed by atoms with van der Waals surface area (Å²) in [5, 5.41) is 3.24. The van der Waals surface area contributed by atoms with Crippen molar-refractivity contribution in [3.8, 4) is 5.88 Å². The van der Waals surface area contributed by atoms with Crippen molar-refractivity contribution in [1.82, 2.24) is 4.98 Å². The molecule has 5 heteroatoms. The zero-order valence-electron chi connectivity index (χ0n) is 11.0. The molecule has 1 aromatic heterocycles. The molecule has 0 atom stereocenters. The van der Waals surface area contributed by atoms with Gasteiger partial charge in [0.25, 0.3) is 0 Å². The molecule has 18 heavy (non-hydrogen) atoms. The Morgan fingerprint density at radius 1 is 1.56 bits per heavy atom. The number of nitrogens with one attached hydrogen (secondary N) is 1. The third-order valence-electron chi connectivity index (χ3n) is 2.03. The lowest BCUT2D eigenvalue weighted by Gasteiger charge is -2.12. The van der Waals surface area contributed by atoms with Gasteiger partial charge >= 0.3 is 0 Å². The van der Waals surface area contributed by atoms with E-state index in [-0.39, 0.29) is 6.10 Å². The fourth-order valence-corrected chi connectivity index (χ4v) is 1.86. The highest BCUT2D eigenvalue weighted by Crippen LogP contribution is 2.21. The molecule has 100 valence electrons. The number of hydrogen-bond donors (Lipinski definition) is 2. The first-order valence-corrected chi connectivity index (χ1v) is 7.14. The smallest absolute Gasteiger partial charge is 0.239 e. The molecule has 0 aromatic carbocycles. The van der Waals surface area contributed by atoms with Crippen LogP contribution in [0.15, 0.2) is 24.8 Å². The summed E-state index contributed by atoms with van der Waals surface area (Å²) in [6.45, 7) is 8.44.